The number of carboxylic acid groups (broad SMARTS) is 2. The molecule has 0 saturated carbocycles. The second kappa shape index (κ2) is 23.0. The van der Waals surface area contributed by atoms with Crippen LogP contribution < -0.4 is 43.4 Å². The minimum absolute atomic E-state index is 0.0105. The van der Waals surface area contributed by atoms with Crippen LogP contribution >= 0.6 is 11.8 Å². The highest BCUT2D eigenvalue weighted by molar-refractivity contribution is 7.98. The number of nitrogens with two attached hydrogens (primary N) is 2. The molecule has 0 spiro atoms. The Bertz CT molecular complexity index is 1240. The zero-order valence-electron chi connectivity index (χ0n) is 28.1. The smallest absolute Gasteiger partial charge is 0.326 e. The molecule has 0 aliphatic carbocycles. The molecular weight excluding hydrogens is 688 g/mol. The van der Waals surface area contributed by atoms with Gasteiger partial charge in [-0.05, 0) is 37.7 Å². The van der Waals surface area contributed by atoms with Crippen molar-refractivity contribution < 1.29 is 63.6 Å². The van der Waals surface area contributed by atoms with Gasteiger partial charge in [0.25, 0.3) is 0 Å². The molecule has 0 aromatic heterocycles. The van der Waals surface area contributed by atoms with Crippen LogP contribution in [0, 0.1) is 5.92 Å². The minimum Gasteiger partial charge on any atom is -0.481 e. The van der Waals surface area contributed by atoms with Gasteiger partial charge in [-0.15, -0.1) is 0 Å². The molecule has 0 aliphatic rings. The normalized spacial score (nSPS) is 15.1. The van der Waals surface area contributed by atoms with Crippen molar-refractivity contribution in [3.05, 3.63) is 0 Å². The Kier molecular flexibility index (Phi) is 20.9. The largest absolute Gasteiger partial charge is 0.481 e. The van der Waals surface area contributed by atoms with E-state index in [9.17, 15) is 63.6 Å². The molecule has 284 valence electrons. The summed E-state index contributed by atoms with van der Waals surface area (Å²) in [6.45, 7) is 2.71. The van der Waals surface area contributed by atoms with E-state index < -0.39 is 122 Å². The highest BCUT2D eigenvalue weighted by Crippen LogP contribution is 2.07. The fourth-order valence-corrected chi connectivity index (χ4v) is 4.52. The van der Waals surface area contributed by atoms with E-state index in [0.29, 0.717) is 0 Å². The quantitative estimate of drug-likeness (QED) is 0.0440. The van der Waals surface area contributed by atoms with Gasteiger partial charge in [0.2, 0.25) is 41.4 Å². The van der Waals surface area contributed by atoms with E-state index in [1.54, 1.807) is 20.1 Å². The fourth-order valence-electron chi connectivity index (χ4n) is 4.04. The summed E-state index contributed by atoms with van der Waals surface area (Å²) in [5.41, 5.74) is 10.7. The highest BCUT2D eigenvalue weighted by atomic mass is 32.2. The second-order valence-corrected chi connectivity index (χ2v) is 12.5. The first-order valence-corrected chi connectivity index (χ1v) is 16.7. The Balaban J connectivity index is 5.98. The van der Waals surface area contributed by atoms with Gasteiger partial charge >= 0.3 is 11.9 Å². The average Bonchev–Trinajstić information content (AvgIpc) is 3.01. The number of carbonyl (C=O) groups excluding carboxylic acids is 7. The Hall–Kier alpha value is -4.54. The summed E-state index contributed by atoms with van der Waals surface area (Å²) < 4.78 is 0. The monoisotopic (exact) mass is 736 g/mol. The molecule has 0 heterocycles. The van der Waals surface area contributed by atoms with Crippen molar-refractivity contribution >= 4 is 65.1 Å². The molecule has 0 bridgehead atoms. The van der Waals surface area contributed by atoms with E-state index in [0.717, 1.165) is 0 Å². The highest BCUT2D eigenvalue weighted by Gasteiger charge is 2.34. The molecule has 7 amide bonds. The predicted molar refractivity (Wildman–Crippen MR) is 176 cm³/mol. The summed E-state index contributed by atoms with van der Waals surface area (Å²) in [4.78, 5) is 112. The van der Waals surface area contributed by atoms with Crippen LogP contribution in [0.15, 0.2) is 0 Å². The van der Waals surface area contributed by atoms with Gasteiger partial charge in [-0.3, -0.25) is 38.4 Å². The van der Waals surface area contributed by atoms with Crippen LogP contribution in [-0.2, 0) is 43.2 Å². The van der Waals surface area contributed by atoms with Crippen LogP contribution in [0.25, 0.3) is 0 Å². The SMILES string of the molecule is CSCC[C@H](NC(=O)[C@H](CC(N)=O)NC(=O)[C@H](CO)NC(=O)[C@H](C)N)C(=O)N[C@@H](CO)C(=O)N[C@@H](CC(=O)O)C(=O)N[C@@H](CC(C)C)C(=O)O. The molecule has 21 nitrogen and oxygen atoms in total. The molecule has 0 aromatic carbocycles. The Morgan fingerprint density at radius 1 is 0.600 bits per heavy atom. The second-order valence-electron chi connectivity index (χ2n) is 11.5. The van der Waals surface area contributed by atoms with Crippen LogP contribution in [0.2, 0.25) is 0 Å². The molecule has 0 aliphatic heterocycles. The molecule has 0 rings (SSSR count). The maximum atomic E-state index is 13.2. The lowest BCUT2D eigenvalue weighted by Crippen LogP contribution is -2.61. The molecule has 14 N–H and O–H groups in total. The van der Waals surface area contributed by atoms with Gasteiger partial charge in [-0.2, -0.15) is 11.8 Å². The summed E-state index contributed by atoms with van der Waals surface area (Å²) in [5, 5.41) is 51.2. The number of hydrogen-bond donors (Lipinski definition) is 12. The van der Waals surface area contributed by atoms with Crippen LogP contribution in [0.1, 0.15) is 46.5 Å². The number of nitrogens with one attached hydrogen (secondary N) is 6. The van der Waals surface area contributed by atoms with Gasteiger partial charge in [-0.25, -0.2) is 4.79 Å². The first-order valence-electron chi connectivity index (χ1n) is 15.3. The summed E-state index contributed by atoms with van der Waals surface area (Å²) >= 11 is 1.25. The Labute approximate surface area is 291 Å². The number of primary amides is 1. The maximum Gasteiger partial charge on any atom is 0.326 e. The van der Waals surface area contributed by atoms with Crippen LogP contribution in [0.3, 0.4) is 0 Å². The molecular formula is C28H48N8O13S. The Morgan fingerprint density at radius 3 is 1.36 bits per heavy atom. The molecule has 0 radical (unpaired) electrons. The van der Waals surface area contributed by atoms with Crippen molar-refractivity contribution in [3.63, 3.8) is 0 Å². The third kappa shape index (κ3) is 17.2. The van der Waals surface area contributed by atoms with Crippen molar-refractivity contribution in [3.8, 4) is 0 Å². The van der Waals surface area contributed by atoms with Crippen molar-refractivity contribution in [2.24, 2.45) is 17.4 Å². The van der Waals surface area contributed by atoms with Gasteiger partial charge in [0.1, 0.15) is 36.3 Å². The molecule has 50 heavy (non-hydrogen) atoms. The van der Waals surface area contributed by atoms with Crippen molar-refractivity contribution in [2.75, 3.05) is 25.2 Å². The number of amides is 7. The maximum absolute atomic E-state index is 13.2. The summed E-state index contributed by atoms with van der Waals surface area (Å²) in [6, 6.07) is -10.8. The van der Waals surface area contributed by atoms with E-state index in [2.05, 4.69) is 31.9 Å². The number of aliphatic hydroxyl groups excluding tert-OH is 2. The molecule has 0 aromatic rings. The molecule has 0 fully saturated rings. The molecule has 22 heteroatoms. The van der Waals surface area contributed by atoms with Crippen LogP contribution in [0.5, 0.6) is 0 Å². The first kappa shape index (κ1) is 45.5. The summed E-state index contributed by atoms with van der Waals surface area (Å²) in [7, 11) is 0. The number of aliphatic hydroxyl groups is 2. The number of carbonyl (C=O) groups is 9. The molecule has 0 saturated heterocycles. The van der Waals surface area contributed by atoms with Gasteiger partial charge in [0.05, 0.1) is 32.1 Å². The number of aliphatic carboxylic acids is 2. The van der Waals surface area contributed by atoms with Gasteiger partial charge < -0.3 is 63.8 Å². The van der Waals surface area contributed by atoms with Crippen molar-refractivity contribution in [1.29, 1.82) is 0 Å². The fraction of sp³-hybridized carbons (Fsp3) is 0.679. The number of hydrogen-bond acceptors (Lipinski definition) is 13. The van der Waals surface area contributed by atoms with Gasteiger partial charge in [0, 0.05) is 0 Å². The van der Waals surface area contributed by atoms with E-state index in [4.69, 9.17) is 11.5 Å². The van der Waals surface area contributed by atoms with E-state index in [-0.39, 0.29) is 24.5 Å². The van der Waals surface area contributed by atoms with Gasteiger partial charge in [-0.1, -0.05) is 13.8 Å². The number of carboxylic acids is 2. The summed E-state index contributed by atoms with van der Waals surface area (Å²) in [6.07, 6.45) is -0.184. The van der Waals surface area contributed by atoms with Crippen molar-refractivity contribution in [2.45, 2.75) is 88.7 Å². The lowest BCUT2D eigenvalue weighted by Gasteiger charge is -2.26. The van der Waals surface area contributed by atoms with Crippen LogP contribution in [0.4, 0.5) is 0 Å². The molecule has 0 unspecified atom stereocenters. The lowest BCUT2D eigenvalue weighted by molar-refractivity contribution is -0.144. The average molecular weight is 737 g/mol. The van der Waals surface area contributed by atoms with E-state index in [1.165, 1.54) is 18.7 Å². The number of rotatable bonds is 24. The zero-order chi connectivity index (χ0) is 38.7. The summed E-state index contributed by atoms with van der Waals surface area (Å²) in [5.74, 6) is -10.3. The first-order chi connectivity index (χ1) is 23.3. The number of thioether (sulfide) groups is 1. The standard InChI is InChI=1S/C28H48N8O13S/c1-12(2)7-17(28(48)49)34-25(45)16(9-21(40)41)33-27(47)19(11-38)36-23(43)14(5-6-50-4)31-24(44)15(8-20(30)39)32-26(46)18(10-37)35-22(42)13(3)29/h12-19,37-38H,5-11,29H2,1-4H3,(H2,30,39)(H,31,44)(H,32,46)(H,33,47)(H,34,45)(H,35,42)(H,36,43)(H,40,41)(H,48,49)/t13-,14-,15-,16-,17-,18-,19-/m0/s1. The predicted octanol–water partition coefficient (Wildman–Crippen LogP) is -5.54. The zero-order valence-corrected chi connectivity index (χ0v) is 28.9. The third-order valence-corrected chi connectivity index (χ3v) is 7.30. The molecule has 7 atom stereocenters. The van der Waals surface area contributed by atoms with E-state index >= 15 is 0 Å². The third-order valence-electron chi connectivity index (χ3n) is 6.66. The van der Waals surface area contributed by atoms with Crippen molar-refractivity contribution in [1.82, 2.24) is 31.9 Å². The van der Waals surface area contributed by atoms with Gasteiger partial charge in [0.15, 0.2) is 0 Å². The topological polar surface area (TPSA) is 359 Å². The van der Waals surface area contributed by atoms with Crippen LogP contribution in [-0.4, -0.2) is 141 Å². The Morgan fingerprint density at radius 2 is 0.980 bits per heavy atom. The van der Waals surface area contributed by atoms with E-state index in [1.807, 2.05) is 0 Å². The lowest BCUT2D eigenvalue weighted by atomic mass is 10.0. The minimum atomic E-state index is -1.81.